The molecule has 2 heterocycles. The first-order chi connectivity index (χ1) is 30.2. The minimum atomic E-state index is -0.0649. The van der Waals surface area contributed by atoms with Crippen LogP contribution in [0.2, 0.25) is 0 Å². The Kier molecular flexibility index (Phi) is 9.29. The quantitative estimate of drug-likeness (QED) is 0.154. The van der Waals surface area contributed by atoms with Crippen molar-refractivity contribution in [3.8, 4) is 45.0 Å². The van der Waals surface area contributed by atoms with Gasteiger partial charge in [-0.1, -0.05) is 206 Å². The number of para-hydroxylation sites is 2. The van der Waals surface area contributed by atoms with E-state index < -0.39 is 0 Å². The summed E-state index contributed by atoms with van der Waals surface area (Å²) in [6.45, 7) is 0. The second kappa shape index (κ2) is 15.7. The maximum Gasteiger partial charge on any atom is 0.164 e. The lowest BCUT2D eigenvalue weighted by Gasteiger charge is -2.31. The third kappa shape index (κ3) is 6.84. The van der Waals surface area contributed by atoms with Gasteiger partial charge in [-0.3, -0.25) is 0 Å². The van der Waals surface area contributed by atoms with Crippen molar-refractivity contribution in [1.29, 1.82) is 0 Å². The van der Waals surface area contributed by atoms with Crippen LogP contribution in [0.1, 0.15) is 29.3 Å². The molecule has 0 N–H and O–H groups in total. The third-order valence-corrected chi connectivity index (χ3v) is 11.9. The van der Waals surface area contributed by atoms with Gasteiger partial charge in [-0.05, 0) is 63.6 Å². The lowest BCUT2D eigenvalue weighted by atomic mass is 9.79. The highest BCUT2D eigenvalue weighted by Gasteiger charge is 2.32. The summed E-state index contributed by atoms with van der Waals surface area (Å²) >= 11 is 0. The van der Waals surface area contributed by atoms with Gasteiger partial charge in [-0.2, -0.15) is 0 Å². The Morgan fingerprint density at radius 1 is 0.344 bits per heavy atom. The maximum atomic E-state index is 5.28. The SMILES string of the molecule is C1=C(c2nc(-c3ccccc3)nc(-c3ccccc3)n2)CC(c2ccc(-c3ccccc3)cc2)C(n2c3ccccc3c3ccccc32)=C1c1ccc(-c2ccccc2)cc1. The number of nitrogens with zero attached hydrogens (tertiary/aromatic N) is 4. The first-order valence-electron chi connectivity index (χ1n) is 20.9. The van der Waals surface area contributed by atoms with Gasteiger partial charge in [0.1, 0.15) is 0 Å². The van der Waals surface area contributed by atoms with E-state index in [1.165, 1.54) is 55.3 Å². The van der Waals surface area contributed by atoms with E-state index in [-0.39, 0.29) is 5.92 Å². The highest BCUT2D eigenvalue weighted by Crippen LogP contribution is 2.49. The summed E-state index contributed by atoms with van der Waals surface area (Å²) in [6, 6.07) is 77.5. The predicted octanol–water partition coefficient (Wildman–Crippen LogP) is 14.3. The molecule has 0 fully saturated rings. The number of fused-ring (bicyclic) bond motifs is 3. The summed E-state index contributed by atoms with van der Waals surface area (Å²) in [4.78, 5) is 15.6. The van der Waals surface area contributed by atoms with Crippen molar-refractivity contribution in [3.05, 3.63) is 241 Å². The van der Waals surface area contributed by atoms with E-state index >= 15 is 0 Å². The number of rotatable bonds is 8. The average Bonchev–Trinajstić information content (AvgIpc) is 3.68. The molecule has 1 atom stereocenters. The Morgan fingerprint density at radius 2 is 0.721 bits per heavy atom. The van der Waals surface area contributed by atoms with E-state index in [9.17, 15) is 0 Å². The molecule has 0 spiro atoms. The molecular formula is C57H40N4. The fourth-order valence-corrected chi connectivity index (χ4v) is 8.90. The molecule has 1 aliphatic carbocycles. The molecular weight excluding hydrogens is 741 g/mol. The topological polar surface area (TPSA) is 43.6 Å². The number of hydrogen-bond acceptors (Lipinski definition) is 3. The number of allylic oxidation sites excluding steroid dienone is 4. The van der Waals surface area contributed by atoms with E-state index in [2.05, 4.69) is 193 Å². The van der Waals surface area contributed by atoms with Gasteiger partial charge in [0, 0.05) is 39.1 Å². The monoisotopic (exact) mass is 780 g/mol. The molecule has 4 heteroatoms. The van der Waals surface area contributed by atoms with Crippen LogP contribution in [0.25, 0.3) is 83.7 Å². The molecule has 2 aromatic heterocycles. The molecule has 0 radical (unpaired) electrons. The van der Waals surface area contributed by atoms with Crippen LogP contribution in [0.4, 0.5) is 0 Å². The van der Waals surface area contributed by atoms with Crippen molar-refractivity contribution >= 4 is 38.6 Å². The molecule has 1 unspecified atom stereocenters. The van der Waals surface area contributed by atoms with Gasteiger partial charge < -0.3 is 4.57 Å². The Bertz CT molecular complexity index is 3110. The van der Waals surface area contributed by atoms with E-state index in [0.717, 1.165) is 27.8 Å². The first kappa shape index (κ1) is 36.2. The Labute approximate surface area is 355 Å². The fourth-order valence-electron chi connectivity index (χ4n) is 8.90. The van der Waals surface area contributed by atoms with Crippen LogP contribution < -0.4 is 0 Å². The Hall–Kier alpha value is -7.95. The molecule has 0 bridgehead atoms. The lowest BCUT2D eigenvalue weighted by Crippen LogP contribution is -2.16. The third-order valence-electron chi connectivity index (χ3n) is 11.9. The van der Waals surface area contributed by atoms with Gasteiger partial charge in [0.05, 0.1) is 11.0 Å². The predicted molar refractivity (Wildman–Crippen MR) is 252 cm³/mol. The Balaban J connectivity index is 1.19. The van der Waals surface area contributed by atoms with Crippen molar-refractivity contribution in [2.24, 2.45) is 0 Å². The van der Waals surface area contributed by atoms with Crippen LogP contribution in [0.5, 0.6) is 0 Å². The van der Waals surface area contributed by atoms with E-state index in [1.54, 1.807) is 0 Å². The standard InChI is InChI=1S/C57H40N4/c1-5-17-39(18-6-1)41-29-33-43(34-30-41)50-37-47(57-59-55(45-21-9-3-10-22-45)58-56(60-57)46-23-11-4-12-24-46)38-51(44-35-31-42(32-36-44)40-19-7-2-8-20-40)54(50)61-52-27-15-13-25-48(52)49-26-14-16-28-53(49)61/h1-37,51H,38H2. The second-order valence-electron chi connectivity index (χ2n) is 15.6. The smallest absolute Gasteiger partial charge is 0.164 e. The molecule has 0 aliphatic heterocycles. The van der Waals surface area contributed by atoms with E-state index in [1.807, 2.05) is 36.4 Å². The van der Waals surface area contributed by atoms with Crippen molar-refractivity contribution in [2.75, 3.05) is 0 Å². The molecule has 1 aliphatic rings. The summed E-state index contributed by atoms with van der Waals surface area (Å²) in [7, 11) is 0. The summed E-state index contributed by atoms with van der Waals surface area (Å²) < 4.78 is 2.52. The first-order valence-corrected chi connectivity index (χ1v) is 20.9. The van der Waals surface area contributed by atoms with E-state index in [4.69, 9.17) is 15.0 Å². The number of benzene rings is 8. The minimum Gasteiger partial charge on any atom is -0.312 e. The fraction of sp³-hybridized carbons (Fsp3) is 0.0351. The highest BCUT2D eigenvalue weighted by molar-refractivity contribution is 6.13. The molecule has 288 valence electrons. The molecule has 8 aromatic carbocycles. The van der Waals surface area contributed by atoms with Crippen LogP contribution in [-0.4, -0.2) is 19.5 Å². The zero-order chi connectivity index (χ0) is 40.5. The van der Waals surface area contributed by atoms with Gasteiger partial charge in [-0.25, -0.2) is 15.0 Å². The summed E-state index contributed by atoms with van der Waals surface area (Å²) in [5.74, 6) is 1.92. The normalized spacial score (nSPS) is 14.0. The van der Waals surface area contributed by atoms with Crippen molar-refractivity contribution in [3.63, 3.8) is 0 Å². The maximum absolute atomic E-state index is 5.28. The Morgan fingerprint density at radius 3 is 1.21 bits per heavy atom. The molecule has 0 saturated carbocycles. The van der Waals surface area contributed by atoms with Gasteiger partial charge in [0.2, 0.25) is 0 Å². The molecule has 4 nitrogen and oxygen atoms in total. The van der Waals surface area contributed by atoms with Crippen LogP contribution >= 0.6 is 0 Å². The van der Waals surface area contributed by atoms with Crippen LogP contribution in [-0.2, 0) is 0 Å². The second-order valence-corrected chi connectivity index (χ2v) is 15.6. The van der Waals surface area contributed by atoms with Gasteiger partial charge in [-0.15, -0.1) is 0 Å². The van der Waals surface area contributed by atoms with Crippen molar-refractivity contribution in [2.45, 2.75) is 12.3 Å². The molecule has 10 aromatic rings. The molecule has 0 saturated heterocycles. The molecule has 0 amide bonds. The minimum absolute atomic E-state index is 0.0649. The van der Waals surface area contributed by atoms with Crippen molar-refractivity contribution in [1.82, 2.24) is 19.5 Å². The van der Waals surface area contributed by atoms with Crippen LogP contribution in [0.15, 0.2) is 224 Å². The molecule has 61 heavy (non-hydrogen) atoms. The number of aromatic nitrogens is 4. The summed E-state index contributed by atoms with van der Waals surface area (Å²) in [5, 5.41) is 2.46. The van der Waals surface area contributed by atoms with Gasteiger partial charge in [0.15, 0.2) is 17.5 Å². The van der Waals surface area contributed by atoms with Crippen LogP contribution in [0.3, 0.4) is 0 Å². The lowest BCUT2D eigenvalue weighted by molar-refractivity contribution is 0.835. The zero-order valence-electron chi connectivity index (χ0n) is 33.4. The average molecular weight is 781 g/mol. The van der Waals surface area contributed by atoms with Crippen molar-refractivity contribution < 1.29 is 0 Å². The van der Waals surface area contributed by atoms with Crippen LogP contribution in [0, 0.1) is 0 Å². The summed E-state index contributed by atoms with van der Waals surface area (Å²) in [5.41, 5.74) is 14.8. The van der Waals surface area contributed by atoms with E-state index in [0.29, 0.717) is 23.9 Å². The molecule has 11 rings (SSSR count). The zero-order valence-corrected chi connectivity index (χ0v) is 33.4. The number of hydrogen-bond donors (Lipinski definition) is 0. The largest absolute Gasteiger partial charge is 0.312 e. The van der Waals surface area contributed by atoms with Gasteiger partial charge in [0.25, 0.3) is 0 Å². The van der Waals surface area contributed by atoms with Gasteiger partial charge >= 0.3 is 0 Å². The highest BCUT2D eigenvalue weighted by atomic mass is 15.0. The summed E-state index contributed by atoms with van der Waals surface area (Å²) in [6.07, 6.45) is 3.03.